The first-order chi connectivity index (χ1) is 7.22. The zero-order chi connectivity index (χ0) is 11.5. The van der Waals surface area contributed by atoms with E-state index in [4.69, 9.17) is 6.42 Å². The first-order valence-corrected chi connectivity index (χ1v) is 5.67. The number of unbranched alkanes of at least 4 members (excludes halogenated alkanes) is 2. The molecule has 0 fully saturated rings. The Balaban J connectivity index is 3.48. The van der Waals surface area contributed by atoms with Gasteiger partial charge < -0.3 is 10.6 Å². The highest BCUT2D eigenvalue weighted by molar-refractivity contribution is 5.81. The summed E-state index contributed by atoms with van der Waals surface area (Å²) in [5, 5.41) is 5.96. The normalized spacial score (nSPS) is 11.8. The van der Waals surface area contributed by atoms with Gasteiger partial charge in [0.05, 0.1) is 6.04 Å². The summed E-state index contributed by atoms with van der Waals surface area (Å²) in [7, 11) is 0. The van der Waals surface area contributed by atoms with Crippen molar-refractivity contribution < 1.29 is 4.79 Å². The Labute approximate surface area is 93.0 Å². The van der Waals surface area contributed by atoms with E-state index in [2.05, 4.69) is 23.5 Å². The van der Waals surface area contributed by atoms with Crippen molar-refractivity contribution in [3.8, 4) is 12.3 Å². The fourth-order valence-electron chi connectivity index (χ4n) is 1.19. The molecule has 0 saturated carbocycles. The summed E-state index contributed by atoms with van der Waals surface area (Å²) in [4.78, 5) is 11.5. The van der Waals surface area contributed by atoms with Crippen molar-refractivity contribution in [2.24, 2.45) is 0 Å². The van der Waals surface area contributed by atoms with Gasteiger partial charge in [-0.25, -0.2) is 0 Å². The molecule has 1 amide bonds. The van der Waals surface area contributed by atoms with Crippen molar-refractivity contribution in [2.75, 3.05) is 13.1 Å². The Morgan fingerprint density at radius 2 is 2.13 bits per heavy atom. The van der Waals surface area contributed by atoms with E-state index in [1.807, 2.05) is 6.92 Å². The zero-order valence-electron chi connectivity index (χ0n) is 9.81. The summed E-state index contributed by atoms with van der Waals surface area (Å²) in [5.74, 6) is 2.59. The van der Waals surface area contributed by atoms with Crippen molar-refractivity contribution in [3.05, 3.63) is 0 Å². The molecule has 0 spiro atoms. The number of carbonyl (C=O) groups is 1. The lowest BCUT2D eigenvalue weighted by molar-refractivity contribution is -0.122. The minimum atomic E-state index is -0.153. The lowest BCUT2D eigenvalue weighted by Crippen LogP contribution is -2.42. The molecule has 0 saturated heterocycles. The van der Waals surface area contributed by atoms with Gasteiger partial charge in [-0.1, -0.05) is 19.8 Å². The fraction of sp³-hybridized carbons (Fsp3) is 0.750. The van der Waals surface area contributed by atoms with Gasteiger partial charge in [0.1, 0.15) is 0 Å². The second kappa shape index (κ2) is 9.54. The third kappa shape index (κ3) is 8.02. The summed E-state index contributed by atoms with van der Waals surface area (Å²) >= 11 is 0. The Kier molecular flexibility index (Phi) is 8.90. The Morgan fingerprint density at radius 1 is 1.40 bits per heavy atom. The van der Waals surface area contributed by atoms with Crippen molar-refractivity contribution in [1.82, 2.24) is 10.6 Å². The van der Waals surface area contributed by atoms with E-state index in [1.165, 1.54) is 12.8 Å². The molecular formula is C12H22N2O. The van der Waals surface area contributed by atoms with E-state index in [1.54, 1.807) is 0 Å². The predicted octanol–water partition coefficient (Wildman–Crippen LogP) is 1.29. The molecule has 86 valence electrons. The monoisotopic (exact) mass is 210 g/mol. The van der Waals surface area contributed by atoms with Gasteiger partial charge in [-0.2, -0.15) is 0 Å². The van der Waals surface area contributed by atoms with E-state index in [0.29, 0.717) is 13.0 Å². The maximum atomic E-state index is 11.5. The molecule has 2 N–H and O–H groups in total. The summed E-state index contributed by atoms with van der Waals surface area (Å²) < 4.78 is 0. The Hall–Kier alpha value is -1.01. The van der Waals surface area contributed by atoms with Crippen LogP contribution in [0.3, 0.4) is 0 Å². The molecule has 3 heteroatoms. The fourth-order valence-corrected chi connectivity index (χ4v) is 1.19. The van der Waals surface area contributed by atoms with Crippen LogP contribution in [0.2, 0.25) is 0 Å². The molecule has 0 aliphatic carbocycles. The maximum Gasteiger partial charge on any atom is 0.236 e. The standard InChI is InChI=1S/C12H22N2O/c1-4-6-8-10-14-12(15)11(3)13-9-7-5-2/h2,11,13H,4,6-10H2,1,3H3,(H,14,15). The van der Waals surface area contributed by atoms with Crippen molar-refractivity contribution in [2.45, 2.75) is 45.6 Å². The van der Waals surface area contributed by atoms with Crippen LogP contribution in [-0.4, -0.2) is 25.0 Å². The van der Waals surface area contributed by atoms with Crippen LogP contribution < -0.4 is 10.6 Å². The minimum absolute atomic E-state index is 0.0584. The Bertz CT molecular complexity index is 208. The number of hydrogen-bond acceptors (Lipinski definition) is 2. The van der Waals surface area contributed by atoms with E-state index in [0.717, 1.165) is 13.0 Å². The van der Waals surface area contributed by atoms with E-state index in [9.17, 15) is 4.79 Å². The quantitative estimate of drug-likeness (QED) is 0.468. The largest absolute Gasteiger partial charge is 0.355 e. The molecule has 0 radical (unpaired) electrons. The van der Waals surface area contributed by atoms with E-state index >= 15 is 0 Å². The van der Waals surface area contributed by atoms with Crippen molar-refractivity contribution in [1.29, 1.82) is 0 Å². The molecule has 0 aliphatic rings. The molecule has 3 nitrogen and oxygen atoms in total. The number of rotatable bonds is 8. The van der Waals surface area contributed by atoms with Crippen molar-refractivity contribution >= 4 is 5.91 Å². The molecule has 0 rings (SSSR count). The highest BCUT2D eigenvalue weighted by Crippen LogP contribution is 1.91. The molecule has 0 aromatic heterocycles. The minimum Gasteiger partial charge on any atom is -0.355 e. The lowest BCUT2D eigenvalue weighted by Gasteiger charge is -2.12. The lowest BCUT2D eigenvalue weighted by atomic mass is 10.2. The number of nitrogens with one attached hydrogen (secondary N) is 2. The van der Waals surface area contributed by atoms with Gasteiger partial charge in [-0.3, -0.25) is 4.79 Å². The van der Waals surface area contributed by atoms with Crippen LogP contribution in [0.25, 0.3) is 0 Å². The van der Waals surface area contributed by atoms with Gasteiger partial charge in [0.2, 0.25) is 5.91 Å². The average molecular weight is 210 g/mol. The number of terminal acetylenes is 1. The van der Waals surface area contributed by atoms with E-state index in [-0.39, 0.29) is 11.9 Å². The highest BCUT2D eigenvalue weighted by Gasteiger charge is 2.09. The van der Waals surface area contributed by atoms with Gasteiger partial charge in [-0.15, -0.1) is 12.3 Å². The van der Waals surface area contributed by atoms with Crippen LogP contribution in [-0.2, 0) is 4.79 Å². The molecule has 15 heavy (non-hydrogen) atoms. The third-order valence-corrected chi connectivity index (χ3v) is 2.19. The number of hydrogen-bond donors (Lipinski definition) is 2. The maximum absolute atomic E-state index is 11.5. The highest BCUT2D eigenvalue weighted by atomic mass is 16.2. The van der Waals surface area contributed by atoms with Gasteiger partial charge in [0.15, 0.2) is 0 Å². The van der Waals surface area contributed by atoms with Crippen molar-refractivity contribution in [3.63, 3.8) is 0 Å². The zero-order valence-corrected chi connectivity index (χ0v) is 9.81. The van der Waals surface area contributed by atoms with E-state index < -0.39 is 0 Å². The van der Waals surface area contributed by atoms with Crippen LogP contribution in [0.15, 0.2) is 0 Å². The van der Waals surface area contributed by atoms with Crippen LogP contribution >= 0.6 is 0 Å². The molecule has 0 heterocycles. The van der Waals surface area contributed by atoms with Crippen LogP contribution in [0, 0.1) is 12.3 Å². The van der Waals surface area contributed by atoms with Gasteiger partial charge in [-0.05, 0) is 13.3 Å². The molecule has 0 aromatic carbocycles. The summed E-state index contributed by atoms with van der Waals surface area (Å²) in [6, 6.07) is -0.153. The smallest absolute Gasteiger partial charge is 0.236 e. The van der Waals surface area contributed by atoms with Crippen LogP contribution in [0.1, 0.15) is 39.5 Å². The second-order valence-corrected chi connectivity index (χ2v) is 3.63. The molecular weight excluding hydrogens is 188 g/mol. The molecule has 1 unspecified atom stereocenters. The first kappa shape index (κ1) is 14.0. The predicted molar refractivity (Wildman–Crippen MR) is 63.4 cm³/mol. The number of carbonyl (C=O) groups excluding carboxylic acids is 1. The SMILES string of the molecule is C#CCCNC(C)C(=O)NCCCCC. The number of amides is 1. The first-order valence-electron chi connectivity index (χ1n) is 5.67. The average Bonchev–Trinajstić information content (AvgIpc) is 2.24. The van der Waals surface area contributed by atoms with Crippen LogP contribution in [0.4, 0.5) is 0 Å². The molecule has 0 aromatic rings. The van der Waals surface area contributed by atoms with Crippen LogP contribution in [0.5, 0.6) is 0 Å². The second-order valence-electron chi connectivity index (χ2n) is 3.63. The van der Waals surface area contributed by atoms with Gasteiger partial charge in [0.25, 0.3) is 0 Å². The summed E-state index contributed by atoms with van der Waals surface area (Å²) in [6.07, 6.45) is 9.17. The summed E-state index contributed by atoms with van der Waals surface area (Å²) in [6.45, 7) is 5.46. The molecule has 0 aliphatic heterocycles. The molecule has 0 bridgehead atoms. The summed E-state index contributed by atoms with van der Waals surface area (Å²) in [5.41, 5.74) is 0. The molecule has 1 atom stereocenters. The third-order valence-electron chi connectivity index (χ3n) is 2.19. The van der Waals surface area contributed by atoms with Gasteiger partial charge in [0, 0.05) is 19.5 Å². The Morgan fingerprint density at radius 3 is 2.73 bits per heavy atom. The van der Waals surface area contributed by atoms with Gasteiger partial charge >= 0.3 is 0 Å². The topological polar surface area (TPSA) is 41.1 Å².